The fourth-order valence-electron chi connectivity index (χ4n) is 1.70. The topological polar surface area (TPSA) is 84.2 Å². The number of benzene rings is 1. The lowest BCUT2D eigenvalue weighted by Gasteiger charge is -2.05. The van der Waals surface area contributed by atoms with Gasteiger partial charge in [0.15, 0.2) is 0 Å². The van der Waals surface area contributed by atoms with Crippen molar-refractivity contribution >= 4 is 17.5 Å². The fourth-order valence-corrected chi connectivity index (χ4v) is 1.70. The first-order valence-electron chi connectivity index (χ1n) is 5.10. The summed E-state index contributed by atoms with van der Waals surface area (Å²) in [5.74, 6) is -0.831. The first-order chi connectivity index (χ1) is 7.66. The lowest BCUT2D eigenvalue weighted by molar-refractivity contribution is -0.117. The normalized spacial score (nSPS) is 12.8. The van der Waals surface area contributed by atoms with Crippen LogP contribution >= 0.6 is 0 Å². The molecule has 1 aromatic carbocycles. The summed E-state index contributed by atoms with van der Waals surface area (Å²) in [6.45, 7) is 0.769. The molecule has 2 rings (SSSR count). The summed E-state index contributed by atoms with van der Waals surface area (Å²) in [7, 11) is 0. The third kappa shape index (κ3) is 2.13. The van der Waals surface area contributed by atoms with Gasteiger partial charge in [0.2, 0.25) is 5.91 Å². The van der Waals surface area contributed by atoms with Crippen molar-refractivity contribution in [3.8, 4) is 0 Å². The number of hydrogen-bond donors (Lipinski definition) is 3. The van der Waals surface area contributed by atoms with Crippen molar-refractivity contribution < 1.29 is 9.59 Å². The Bertz CT molecular complexity index is 443. The molecule has 0 fully saturated rings. The standard InChI is InChI=1S/C11H13N3O2/c12-10(15)6-14-11(16)8-2-1-7-3-4-13-9(7)5-8/h1-2,5,13H,3-4,6H2,(H2,12,15)(H,14,16). The van der Waals surface area contributed by atoms with E-state index in [-0.39, 0.29) is 12.5 Å². The van der Waals surface area contributed by atoms with Gasteiger partial charge in [-0.25, -0.2) is 0 Å². The molecule has 0 unspecified atom stereocenters. The van der Waals surface area contributed by atoms with Crippen LogP contribution in [0.1, 0.15) is 15.9 Å². The zero-order chi connectivity index (χ0) is 11.5. The highest BCUT2D eigenvalue weighted by atomic mass is 16.2. The number of rotatable bonds is 3. The van der Waals surface area contributed by atoms with Crippen LogP contribution in [0.25, 0.3) is 0 Å². The van der Waals surface area contributed by atoms with Crippen molar-refractivity contribution in [2.45, 2.75) is 6.42 Å². The van der Waals surface area contributed by atoms with Gasteiger partial charge in [0.25, 0.3) is 5.91 Å². The zero-order valence-corrected chi connectivity index (χ0v) is 8.75. The average Bonchev–Trinajstić information content (AvgIpc) is 2.72. The number of carbonyl (C=O) groups is 2. The Morgan fingerprint density at radius 2 is 2.25 bits per heavy atom. The lowest BCUT2D eigenvalue weighted by Crippen LogP contribution is -2.33. The third-order valence-electron chi connectivity index (χ3n) is 2.51. The predicted molar refractivity (Wildman–Crippen MR) is 60.2 cm³/mol. The van der Waals surface area contributed by atoms with Crippen molar-refractivity contribution in [2.75, 3.05) is 18.4 Å². The highest BCUT2D eigenvalue weighted by Gasteiger charge is 2.13. The molecule has 2 amide bonds. The van der Waals surface area contributed by atoms with Crippen LogP contribution in [0.15, 0.2) is 18.2 Å². The van der Waals surface area contributed by atoms with E-state index in [0.29, 0.717) is 5.56 Å². The van der Waals surface area contributed by atoms with E-state index in [0.717, 1.165) is 18.7 Å². The lowest BCUT2D eigenvalue weighted by atomic mass is 10.1. The Kier molecular flexibility index (Phi) is 2.76. The quantitative estimate of drug-likeness (QED) is 0.662. The van der Waals surface area contributed by atoms with Gasteiger partial charge in [0.05, 0.1) is 6.54 Å². The number of anilines is 1. The Morgan fingerprint density at radius 3 is 3.00 bits per heavy atom. The molecule has 0 aromatic heterocycles. The number of amides is 2. The maximum Gasteiger partial charge on any atom is 0.251 e. The Labute approximate surface area is 93.0 Å². The second-order valence-corrected chi connectivity index (χ2v) is 3.70. The molecule has 0 atom stereocenters. The van der Waals surface area contributed by atoms with Crippen molar-refractivity contribution in [1.29, 1.82) is 0 Å². The molecule has 5 heteroatoms. The molecule has 0 saturated carbocycles. The summed E-state index contributed by atoms with van der Waals surface area (Å²) in [5.41, 5.74) is 7.69. The van der Waals surface area contributed by atoms with Crippen LogP contribution in [-0.2, 0) is 11.2 Å². The first kappa shape index (κ1) is 10.5. The molecule has 1 heterocycles. The Hall–Kier alpha value is -2.04. The van der Waals surface area contributed by atoms with Gasteiger partial charge in [-0.2, -0.15) is 0 Å². The van der Waals surface area contributed by atoms with Crippen molar-refractivity contribution in [3.05, 3.63) is 29.3 Å². The molecule has 5 nitrogen and oxygen atoms in total. The van der Waals surface area contributed by atoms with Crippen LogP contribution < -0.4 is 16.4 Å². The first-order valence-corrected chi connectivity index (χ1v) is 5.10. The average molecular weight is 219 g/mol. The SMILES string of the molecule is NC(=O)CNC(=O)c1ccc2c(c1)NCC2. The van der Waals surface area contributed by atoms with Crippen molar-refractivity contribution in [3.63, 3.8) is 0 Å². The number of carbonyl (C=O) groups excluding carboxylic acids is 2. The maximum atomic E-state index is 11.6. The van der Waals surface area contributed by atoms with E-state index in [2.05, 4.69) is 10.6 Å². The van der Waals surface area contributed by atoms with Gasteiger partial charge >= 0.3 is 0 Å². The molecular formula is C11H13N3O2. The predicted octanol–water partition coefficient (Wildman–Crippen LogP) is -0.130. The van der Waals surface area contributed by atoms with Crippen molar-refractivity contribution in [2.24, 2.45) is 5.73 Å². The molecule has 0 spiro atoms. The van der Waals surface area contributed by atoms with E-state index >= 15 is 0 Å². The van der Waals surface area contributed by atoms with E-state index < -0.39 is 5.91 Å². The molecule has 84 valence electrons. The summed E-state index contributed by atoms with van der Waals surface area (Å²) >= 11 is 0. The minimum Gasteiger partial charge on any atom is -0.384 e. The van der Waals surface area contributed by atoms with E-state index in [4.69, 9.17) is 5.73 Å². The van der Waals surface area contributed by atoms with Crippen LogP contribution in [0.3, 0.4) is 0 Å². The minimum absolute atomic E-state index is 0.136. The van der Waals surface area contributed by atoms with Crippen LogP contribution in [0.4, 0.5) is 5.69 Å². The molecule has 1 aromatic rings. The third-order valence-corrected chi connectivity index (χ3v) is 2.51. The van der Waals surface area contributed by atoms with Gasteiger partial charge < -0.3 is 16.4 Å². The van der Waals surface area contributed by atoms with E-state index in [1.807, 2.05) is 6.07 Å². The Morgan fingerprint density at radius 1 is 1.44 bits per heavy atom. The summed E-state index contributed by atoms with van der Waals surface area (Å²) in [4.78, 5) is 22.1. The second-order valence-electron chi connectivity index (χ2n) is 3.70. The summed E-state index contributed by atoms with van der Waals surface area (Å²) in [5, 5.41) is 5.64. The molecule has 0 bridgehead atoms. The molecule has 1 aliphatic heterocycles. The van der Waals surface area contributed by atoms with E-state index in [1.54, 1.807) is 12.1 Å². The van der Waals surface area contributed by atoms with Gasteiger partial charge in [-0.15, -0.1) is 0 Å². The molecular weight excluding hydrogens is 206 g/mol. The van der Waals surface area contributed by atoms with Crippen LogP contribution in [0.5, 0.6) is 0 Å². The molecule has 0 saturated heterocycles. The fraction of sp³-hybridized carbons (Fsp3) is 0.273. The Balaban J connectivity index is 2.09. The van der Waals surface area contributed by atoms with Gasteiger partial charge in [-0.05, 0) is 24.1 Å². The zero-order valence-electron chi connectivity index (χ0n) is 8.75. The highest BCUT2D eigenvalue weighted by molar-refractivity contribution is 5.97. The number of hydrogen-bond acceptors (Lipinski definition) is 3. The maximum absolute atomic E-state index is 11.6. The van der Waals surface area contributed by atoms with Crippen molar-refractivity contribution in [1.82, 2.24) is 5.32 Å². The van der Waals surface area contributed by atoms with Crippen LogP contribution in [0.2, 0.25) is 0 Å². The summed E-state index contributed by atoms with van der Waals surface area (Å²) in [6.07, 6.45) is 0.985. The highest BCUT2D eigenvalue weighted by Crippen LogP contribution is 2.22. The van der Waals surface area contributed by atoms with E-state index in [9.17, 15) is 9.59 Å². The molecule has 1 aliphatic rings. The molecule has 0 aliphatic carbocycles. The number of primary amides is 1. The van der Waals surface area contributed by atoms with Gasteiger partial charge in [-0.3, -0.25) is 9.59 Å². The summed E-state index contributed by atoms with van der Waals surface area (Å²) in [6, 6.07) is 5.47. The monoisotopic (exact) mass is 219 g/mol. The van der Waals surface area contributed by atoms with E-state index in [1.165, 1.54) is 5.56 Å². The number of nitrogens with one attached hydrogen (secondary N) is 2. The van der Waals surface area contributed by atoms with Gasteiger partial charge in [-0.1, -0.05) is 6.07 Å². The largest absolute Gasteiger partial charge is 0.384 e. The van der Waals surface area contributed by atoms with Crippen LogP contribution in [0, 0.1) is 0 Å². The molecule has 4 N–H and O–H groups in total. The molecule has 16 heavy (non-hydrogen) atoms. The number of nitrogens with two attached hydrogens (primary N) is 1. The summed E-state index contributed by atoms with van der Waals surface area (Å²) < 4.78 is 0. The van der Waals surface area contributed by atoms with Gasteiger partial charge in [0, 0.05) is 17.8 Å². The smallest absolute Gasteiger partial charge is 0.251 e. The van der Waals surface area contributed by atoms with Crippen LogP contribution in [-0.4, -0.2) is 24.9 Å². The molecule has 0 radical (unpaired) electrons. The number of fused-ring (bicyclic) bond motifs is 1. The van der Waals surface area contributed by atoms with Gasteiger partial charge in [0.1, 0.15) is 0 Å². The second kappa shape index (κ2) is 4.22. The minimum atomic E-state index is -0.548.